The predicted octanol–water partition coefficient (Wildman–Crippen LogP) is 2.71. The van der Waals surface area contributed by atoms with E-state index in [1.807, 2.05) is 12.1 Å². The average molecular weight is 271 g/mol. The molecule has 0 aliphatic rings. The van der Waals surface area contributed by atoms with E-state index in [-0.39, 0.29) is 0 Å². The summed E-state index contributed by atoms with van der Waals surface area (Å²) in [5.74, 6) is 1.57. The first-order valence-corrected chi connectivity index (χ1v) is 6.74. The van der Waals surface area contributed by atoms with E-state index in [4.69, 9.17) is 15.7 Å². The molecule has 2 aromatic rings. The minimum Gasteiger partial charge on any atom is -0.493 e. The van der Waals surface area contributed by atoms with Crippen molar-refractivity contribution in [3.05, 3.63) is 48.2 Å². The van der Waals surface area contributed by atoms with Gasteiger partial charge in [0.2, 0.25) is 0 Å². The molecule has 0 aliphatic carbocycles. The van der Waals surface area contributed by atoms with Gasteiger partial charge in [-0.3, -0.25) is 0 Å². The van der Waals surface area contributed by atoms with Crippen LogP contribution in [0.5, 0.6) is 5.75 Å². The topological polar surface area (TPSA) is 71.9 Å². The highest BCUT2D eigenvalue weighted by atomic mass is 32.2. The number of hydrogen-bond acceptors (Lipinski definition) is 5. The Kier molecular flexibility index (Phi) is 4.65. The monoisotopic (exact) mass is 271 g/mol. The molecule has 0 saturated carbocycles. The van der Waals surface area contributed by atoms with Gasteiger partial charge in [0.15, 0.2) is 0 Å². The molecule has 0 bridgehead atoms. The molecule has 0 fully saturated rings. The summed E-state index contributed by atoms with van der Waals surface area (Å²) in [6.07, 6.45) is 1.64. The molecule has 5 heteroatoms. The Morgan fingerprint density at radius 3 is 2.63 bits per heavy atom. The van der Waals surface area contributed by atoms with Crippen LogP contribution in [-0.2, 0) is 0 Å². The van der Waals surface area contributed by atoms with Crippen molar-refractivity contribution >= 4 is 17.4 Å². The van der Waals surface area contributed by atoms with Gasteiger partial charge >= 0.3 is 0 Å². The van der Waals surface area contributed by atoms with Crippen LogP contribution < -0.4 is 10.5 Å². The van der Waals surface area contributed by atoms with Crippen molar-refractivity contribution in [3.63, 3.8) is 0 Å². The van der Waals surface area contributed by atoms with Gasteiger partial charge in [0.05, 0.1) is 35.1 Å². The molecular formula is C14H13N3OS. The lowest BCUT2D eigenvalue weighted by Gasteiger charge is -2.05. The van der Waals surface area contributed by atoms with E-state index in [0.717, 1.165) is 16.5 Å². The zero-order valence-electron chi connectivity index (χ0n) is 10.2. The Balaban J connectivity index is 1.74. The summed E-state index contributed by atoms with van der Waals surface area (Å²) in [6.45, 7) is 0.586. The Morgan fingerprint density at radius 1 is 1.21 bits per heavy atom. The molecule has 2 N–H and O–H groups in total. The van der Waals surface area contributed by atoms with E-state index in [1.54, 1.807) is 42.2 Å². The number of aromatic nitrogens is 1. The van der Waals surface area contributed by atoms with Crippen LogP contribution in [0.2, 0.25) is 0 Å². The molecule has 19 heavy (non-hydrogen) atoms. The van der Waals surface area contributed by atoms with Gasteiger partial charge in [-0.2, -0.15) is 5.26 Å². The number of nitriles is 1. The second-order valence-corrected chi connectivity index (χ2v) is 4.88. The number of nitrogen functional groups attached to an aromatic ring is 1. The fraction of sp³-hybridized carbons (Fsp3) is 0.143. The van der Waals surface area contributed by atoms with Gasteiger partial charge in [-0.25, -0.2) is 4.98 Å². The van der Waals surface area contributed by atoms with Gasteiger partial charge in [0.25, 0.3) is 0 Å². The van der Waals surface area contributed by atoms with Gasteiger partial charge in [0, 0.05) is 5.75 Å². The standard InChI is InChI=1S/C14H13N3OS/c15-9-11-1-4-13(5-2-11)18-7-8-19-14-6-3-12(16)10-17-14/h1-6,10H,7-8,16H2. The van der Waals surface area contributed by atoms with Crippen molar-refractivity contribution in [2.24, 2.45) is 0 Å². The molecule has 0 unspecified atom stereocenters. The number of thioether (sulfide) groups is 1. The lowest BCUT2D eigenvalue weighted by atomic mass is 10.2. The maximum Gasteiger partial charge on any atom is 0.119 e. The van der Waals surface area contributed by atoms with E-state index < -0.39 is 0 Å². The third-order valence-electron chi connectivity index (χ3n) is 2.34. The number of ether oxygens (including phenoxy) is 1. The molecule has 0 atom stereocenters. The van der Waals surface area contributed by atoms with E-state index in [9.17, 15) is 0 Å². The smallest absolute Gasteiger partial charge is 0.119 e. The molecule has 0 radical (unpaired) electrons. The highest BCUT2D eigenvalue weighted by molar-refractivity contribution is 7.99. The summed E-state index contributed by atoms with van der Waals surface area (Å²) < 4.78 is 5.57. The summed E-state index contributed by atoms with van der Waals surface area (Å²) in [5.41, 5.74) is 6.86. The van der Waals surface area contributed by atoms with Crippen molar-refractivity contribution in [3.8, 4) is 11.8 Å². The quantitative estimate of drug-likeness (QED) is 0.668. The predicted molar refractivity (Wildman–Crippen MR) is 76.0 cm³/mol. The molecule has 0 aliphatic heterocycles. The molecule has 1 heterocycles. The Labute approximate surface area is 116 Å². The van der Waals surface area contributed by atoms with E-state index in [2.05, 4.69) is 11.1 Å². The second kappa shape index (κ2) is 6.66. The summed E-state index contributed by atoms with van der Waals surface area (Å²) in [7, 11) is 0. The minimum absolute atomic E-state index is 0.586. The Hall–Kier alpha value is -2.19. The minimum atomic E-state index is 0.586. The van der Waals surface area contributed by atoms with Crippen LogP contribution in [0.4, 0.5) is 5.69 Å². The van der Waals surface area contributed by atoms with Gasteiger partial charge in [-0.15, -0.1) is 11.8 Å². The fourth-order valence-corrected chi connectivity index (χ4v) is 2.08. The van der Waals surface area contributed by atoms with E-state index >= 15 is 0 Å². The number of hydrogen-bond donors (Lipinski definition) is 1. The molecule has 4 nitrogen and oxygen atoms in total. The molecule has 2 rings (SSSR count). The van der Waals surface area contributed by atoms with Crippen molar-refractivity contribution in [2.45, 2.75) is 5.03 Å². The van der Waals surface area contributed by atoms with Gasteiger partial charge < -0.3 is 10.5 Å². The van der Waals surface area contributed by atoms with Gasteiger partial charge in [0.1, 0.15) is 5.75 Å². The zero-order chi connectivity index (χ0) is 13.5. The largest absolute Gasteiger partial charge is 0.493 e. The first kappa shape index (κ1) is 13.2. The van der Waals surface area contributed by atoms with Crippen LogP contribution in [0.15, 0.2) is 47.6 Å². The summed E-state index contributed by atoms with van der Waals surface area (Å²) >= 11 is 1.61. The van der Waals surface area contributed by atoms with Crippen LogP contribution in [0.1, 0.15) is 5.56 Å². The van der Waals surface area contributed by atoms with E-state index in [1.165, 1.54) is 0 Å². The van der Waals surface area contributed by atoms with Crippen LogP contribution in [0.25, 0.3) is 0 Å². The molecular weight excluding hydrogens is 258 g/mol. The van der Waals surface area contributed by atoms with Gasteiger partial charge in [-0.05, 0) is 36.4 Å². The Bertz CT molecular complexity index is 561. The first-order valence-electron chi connectivity index (χ1n) is 5.75. The SMILES string of the molecule is N#Cc1ccc(OCCSc2ccc(N)cn2)cc1. The van der Waals surface area contributed by atoms with Crippen molar-refractivity contribution in [1.29, 1.82) is 5.26 Å². The lowest BCUT2D eigenvalue weighted by Crippen LogP contribution is -2.00. The third-order valence-corrected chi connectivity index (χ3v) is 3.25. The normalized spacial score (nSPS) is 9.84. The maximum absolute atomic E-state index is 8.68. The summed E-state index contributed by atoms with van der Waals surface area (Å²) in [4.78, 5) is 4.19. The first-order chi connectivity index (χ1) is 9.28. The van der Waals surface area contributed by atoms with Crippen LogP contribution in [0.3, 0.4) is 0 Å². The number of benzene rings is 1. The number of anilines is 1. The second-order valence-electron chi connectivity index (χ2n) is 3.76. The van der Waals surface area contributed by atoms with Crippen LogP contribution in [-0.4, -0.2) is 17.3 Å². The number of nitrogens with two attached hydrogens (primary N) is 1. The molecule has 1 aromatic heterocycles. The number of nitrogens with zero attached hydrogens (tertiary/aromatic N) is 2. The molecule has 0 spiro atoms. The number of rotatable bonds is 5. The lowest BCUT2D eigenvalue weighted by molar-refractivity contribution is 0.344. The van der Waals surface area contributed by atoms with E-state index in [0.29, 0.717) is 17.9 Å². The molecule has 0 saturated heterocycles. The maximum atomic E-state index is 8.68. The molecule has 96 valence electrons. The summed E-state index contributed by atoms with van der Waals surface area (Å²) in [6, 6.07) is 12.9. The van der Waals surface area contributed by atoms with Crippen molar-refractivity contribution in [1.82, 2.24) is 4.98 Å². The average Bonchev–Trinajstić information content (AvgIpc) is 2.46. The summed E-state index contributed by atoms with van der Waals surface area (Å²) in [5, 5.41) is 9.61. The van der Waals surface area contributed by atoms with Crippen LogP contribution >= 0.6 is 11.8 Å². The number of pyridine rings is 1. The highest BCUT2D eigenvalue weighted by Gasteiger charge is 1.97. The zero-order valence-corrected chi connectivity index (χ0v) is 11.1. The van der Waals surface area contributed by atoms with Crippen LogP contribution in [0, 0.1) is 11.3 Å². The Morgan fingerprint density at radius 2 is 2.00 bits per heavy atom. The van der Waals surface area contributed by atoms with Crippen molar-refractivity contribution in [2.75, 3.05) is 18.1 Å². The van der Waals surface area contributed by atoms with Gasteiger partial charge in [-0.1, -0.05) is 0 Å². The third kappa shape index (κ3) is 4.19. The fourth-order valence-electron chi connectivity index (χ4n) is 1.41. The molecule has 0 amide bonds. The molecule has 1 aromatic carbocycles. The van der Waals surface area contributed by atoms with Crippen molar-refractivity contribution < 1.29 is 4.74 Å². The highest BCUT2D eigenvalue weighted by Crippen LogP contribution is 2.17.